The number of carboxylic acids is 1. The molecule has 1 aliphatic carbocycles. The molecule has 1 aliphatic heterocycles. The Kier molecular flexibility index (Phi) is 2.91. The van der Waals surface area contributed by atoms with Crippen molar-refractivity contribution in [1.29, 1.82) is 0 Å². The van der Waals surface area contributed by atoms with E-state index in [4.69, 9.17) is 5.11 Å². The van der Waals surface area contributed by atoms with Crippen molar-refractivity contribution in [3.8, 4) is 0 Å². The van der Waals surface area contributed by atoms with Crippen molar-refractivity contribution in [1.82, 2.24) is 4.90 Å². The van der Waals surface area contributed by atoms with E-state index in [1.807, 2.05) is 0 Å². The third kappa shape index (κ3) is 1.93. The van der Waals surface area contributed by atoms with Crippen molar-refractivity contribution in [2.45, 2.75) is 51.5 Å². The van der Waals surface area contributed by atoms with Crippen LogP contribution in [0.25, 0.3) is 0 Å². The number of amides is 1. The van der Waals surface area contributed by atoms with Gasteiger partial charge in [-0.05, 0) is 31.1 Å². The van der Waals surface area contributed by atoms with Gasteiger partial charge in [-0.25, -0.2) is 4.79 Å². The topological polar surface area (TPSA) is 57.6 Å². The first-order valence-corrected chi connectivity index (χ1v) is 6.04. The maximum atomic E-state index is 11.5. The van der Waals surface area contributed by atoms with Gasteiger partial charge in [0.25, 0.3) is 0 Å². The van der Waals surface area contributed by atoms with Crippen molar-refractivity contribution in [3.05, 3.63) is 0 Å². The van der Waals surface area contributed by atoms with Gasteiger partial charge in [0.2, 0.25) is 5.91 Å². The fourth-order valence-electron chi connectivity index (χ4n) is 3.27. The van der Waals surface area contributed by atoms with Crippen molar-refractivity contribution in [2.75, 3.05) is 6.54 Å². The van der Waals surface area contributed by atoms with Crippen LogP contribution in [0.2, 0.25) is 0 Å². The highest BCUT2D eigenvalue weighted by molar-refractivity contribution is 5.82. The first kappa shape index (κ1) is 11.4. The van der Waals surface area contributed by atoms with Crippen LogP contribution < -0.4 is 0 Å². The van der Waals surface area contributed by atoms with Gasteiger partial charge in [0.15, 0.2) is 0 Å². The molecule has 1 spiro atoms. The highest BCUT2D eigenvalue weighted by atomic mass is 16.4. The normalized spacial score (nSPS) is 28.3. The van der Waals surface area contributed by atoms with E-state index < -0.39 is 12.0 Å². The number of hydrogen-bond donors (Lipinski definition) is 1. The number of carboxylic acid groups (broad SMARTS) is 1. The van der Waals surface area contributed by atoms with Crippen LogP contribution in [0.3, 0.4) is 0 Å². The SMILES string of the molecule is CC(=O)N1CC2(CCCC2)CCC1C(=O)O. The monoisotopic (exact) mass is 225 g/mol. The molecule has 2 aliphatic rings. The molecule has 1 unspecified atom stereocenters. The van der Waals surface area contributed by atoms with E-state index in [2.05, 4.69) is 0 Å². The Morgan fingerprint density at radius 1 is 1.25 bits per heavy atom. The minimum absolute atomic E-state index is 0.0987. The first-order valence-electron chi connectivity index (χ1n) is 6.04. The van der Waals surface area contributed by atoms with Gasteiger partial charge in [-0.15, -0.1) is 0 Å². The second kappa shape index (κ2) is 4.07. The second-order valence-corrected chi connectivity index (χ2v) is 5.25. The fourth-order valence-corrected chi connectivity index (χ4v) is 3.27. The molecule has 0 radical (unpaired) electrons. The molecule has 2 fully saturated rings. The molecule has 1 N–H and O–H groups in total. The van der Waals surface area contributed by atoms with Crippen LogP contribution in [0.15, 0.2) is 0 Å². The molecule has 0 aromatic heterocycles. The van der Waals surface area contributed by atoms with Crippen LogP contribution in [0.1, 0.15) is 45.4 Å². The predicted molar refractivity (Wildman–Crippen MR) is 58.9 cm³/mol. The second-order valence-electron chi connectivity index (χ2n) is 5.25. The van der Waals surface area contributed by atoms with E-state index in [-0.39, 0.29) is 11.3 Å². The molecular formula is C12H19NO3. The molecule has 1 heterocycles. The summed E-state index contributed by atoms with van der Waals surface area (Å²) >= 11 is 0. The van der Waals surface area contributed by atoms with Gasteiger partial charge in [-0.3, -0.25) is 4.79 Å². The predicted octanol–water partition coefficient (Wildman–Crippen LogP) is 1.64. The number of likely N-dealkylation sites (tertiary alicyclic amines) is 1. The fraction of sp³-hybridized carbons (Fsp3) is 0.833. The molecule has 90 valence electrons. The van der Waals surface area contributed by atoms with Crippen LogP contribution in [0, 0.1) is 5.41 Å². The lowest BCUT2D eigenvalue weighted by Crippen LogP contribution is -2.53. The number of nitrogens with zero attached hydrogens (tertiary/aromatic N) is 1. The van der Waals surface area contributed by atoms with Gasteiger partial charge in [0.1, 0.15) is 6.04 Å². The molecule has 1 saturated carbocycles. The standard InChI is InChI=1S/C12H19NO3/c1-9(14)13-8-12(5-2-3-6-12)7-4-10(13)11(15)16/h10H,2-8H2,1H3,(H,15,16). The van der Waals surface area contributed by atoms with Crippen molar-refractivity contribution in [3.63, 3.8) is 0 Å². The third-order valence-corrected chi connectivity index (χ3v) is 4.18. The summed E-state index contributed by atoms with van der Waals surface area (Å²) in [6, 6.07) is -0.594. The summed E-state index contributed by atoms with van der Waals surface area (Å²) in [6.45, 7) is 2.13. The zero-order chi connectivity index (χ0) is 11.8. The lowest BCUT2D eigenvalue weighted by atomic mass is 9.76. The highest BCUT2D eigenvalue weighted by Gasteiger charge is 2.44. The van der Waals surface area contributed by atoms with Gasteiger partial charge in [-0.1, -0.05) is 12.8 Å². The Hall–Kier alpha value is -1.06. The van der Waals surface area contributed by atoms with E-state index in [1.165, 1.54) is 19.8 Å². The van der Waals surface area contributed by atoms with E-state index in [9.17, 15) is 9.59 Å². The Bertz CT molecular complexity index is 307. The number of rotatable bonds is 1. The van der Waals surface area contributed by atoms with Crippen LogP contribution in [-0.4, -0.2) is 34.5 Å². The molecule has 0 aromatic rings. The number of hydrogen-bond acceptors (Lipinski definition) is 2. The van der Waals surface area contributed by atoms with Gasteiger partial charge in [0.05, 0.1) is 0 Å². The summed E-state index contributed by atoms with van der Waals surface area (Å²) in [5, 5.41) is 9.09. The molecule has 1 amide bonds. The lowest BCUT2D eigenvalue weighted by Gasteiger charge is -2.43. The molecule has 0 aromatic carbocycles. The summed E-state index contributed by atoms with van der Waals surface area (Å²) in [5.74, 6) is -0.957. The maximum Gasteiger partial charge on any atom is 0.326 e. The smallest absolute Gasteiger partial charge is 0.326 e. The maximum absolute atomic E-state index is 11.5. The molecule has 16 heavy (non-hydrogen) atoms. The lowest BCUT2D eigenvalue weighted by molar-refractivity contribution is -0.154. The minimum Gasteiger partial charge on any atom is -0.480 e. The van der Waals surface area contributed by atoms with Gasteiger partial charge in [0, 0.05) is 13.5 Å². The number of carbonyl (C=O) groups excluding carboxylic acids is 1. The molecule has 2 rings (SSSR count). The zero-order valence-corrected chi connectivity index (χ0v) is 9.74. The first-order chi connectivity index (χ1) is 7.54. The Labute approximate surface area is 95.6 Å². The summed E-state index contributed by atoms with van der Waals surface area (Å²) in [4.78, 5) is 24.2. The largest absolute Gasteiger partial charge is 0.480 e. The van der Waals surface area contributed by atoms with Gasteiger partial charge >= 0.3 is 5.97 Å². The summed E-state index contributed by atoms with van der Waals surface area (Å²) < 4.78 is 0. The van der Waals surface area contributed by atoms with Gasteiger partial charge < -0.3 is 10.0 Å². The van der Waals surface area contributed by atoms with Crippen LogP contribution in [0.5, 0.6) is 0 Å². The van der Waals surface area contributed by atoms with Crippen molar-refractivity contribution in [2.24, 2.45) is 5.41 Å². The van der Waals surface area contributed by atoms with E-state index in [1.54, 1.807) is 4.90 Å². The van der Waals surface area contributed by atoms with Crippen LogP contribution in [0.4, 0.5) is 0 Å². The molecule has 1 atom stereocenters. The molecular weight excluding hydrogens is 206 g/mol. The van der Waals surface area contributed by atoms with Crippen LogP contribution in [-0.2, 0) is 9.59 Å². The molecule has 4 heteroatoms. The number of carbonyl (C=O) groups is 2. The Balaban J connectivity index is 2.14. The number of aliphatic carboxylic acids is 1. The Morgan fingerprint density at radius 2 is 1.88 bits per heavy atom. The van der Waals surface area contributed by atoms with E-state index in [0.29, 0.717) is 13.0 Å². The summed E-state index contributed by atoms with van der Waals surface area (Å²) in [6.07, 6.45) is 6.35. The Morgan fingerprint density at radius 3 is 2.38 bits per heavy atom. The number of piperidine rings is 1. The third-order valence-electron chi connectivity index (χ3n) is 4.18. The quantitative estimate of drug-likeness (QED) is 0.738. The zero-order valence-electron chi connectivity index (χ0n) is 9.74. The van der Waals surface area contributed by atoms with Crippen molar-refractivity contribution < 1.29 is 14.7 Å². The molecule has 4 nitrogen and oxygen atoms in total. The van der Waals surface area contributed by atoms with Crippen molar-refractivity contribution >= 4 is 11.9 Å². The highest BCUT2D eigenvalue weighted by Crippen LogP contribution is 2.46. The average molecular weight is 225 g/mol. The summed E-state index contributed by atoms with van der Waals surface area (Å²) in [5.41, 5.74) is 0.234. The van der Waals surface area contributed by atoms with E-state index >= 15 is 0 Å². The van der Waals surface area contributed by atoms with E-state index in [0.717, 1.165) is 19.3 Å². The van der Waals surface area contributed by atoms with Gasteiger partial charge in [-0.2, -0.15) is 0 Å². The average Bonchev–Trinajstić information content (AvgIpc) is 2.66. The molecule has 0 bridgehead atoms. The van der Waals surface area contributed by atoms with Crippen LogP contribution >= 0.6 is 0 Å². The summed E-state index contributed by atoms with van der Waals surface area (Å²) in [7, 11) is 0. The molecule has 1 saturated heterocycles. The minimum atomic E-state index is -0.858.